The molecule has 0 amide bonds. The summed E-state index contributed by atoms with van der Waals surface area (Å²) in [7, 11) is 0. The Kier molecular flexibility index (Phi) is 8.02. The highest BCUT2D eigenvalue weighted by molar-refractivity contribution is 7.99. The molecular formula is C27H30F3N3OS. The van der Waals surface area contributed by atoms with Crippen molar-refractivity contribution in [2.75, 3.05) is 24.6 Å². The maximum atomic E-state index is 14.1. The lowest BCUT2D eigenvalue weighted by Crippen LogP contribution is -2.35. The van der Waals surface area contributed by atoms with Gasteiger partial charge >= 0.3 is 6.18 Å². The van der Waals surface area contributed by atoms with Gasteiger partial charge in [-0.2, -0.15) is 13.2 Å². The molecule has 1 saturated heterocycles. The van der Waals surface area contributed by atoms with Crippen molar-refractivity contribution in [3.63, 3.8) is 0 Å². The van der Waals surface area contributed by atoms with E-state index in [1.54, 1.807) is 24.4 Å². The Hall–Kier alpha value is -2.58. The highest BCUT2D eigenvalue weighted by Gasteiger charge is 2.34. The molecule has 1 aromatic heterocycles. The third-order valence-electron chi connectivity index (χ3n) is 6.42. The van der Waals surface area contributed by atoms with E-state index in [4.69, 9.17) is 5.11 Å². The zero-order chi connectivity index (χ0) is 25.0. The van der Waals surface area contributed by atoms with E-state index in [0.29, 0.717) is 23.1 Å². The number of aliphatic hydroxyl groups excluding tert-OH is 1. The van der Waals surface area contributed by atoms with Crippen LogP contribution in [0.4, 0.5) is 19.1 Å². The van der Waals surface area contributed by atoms with E-state index in [-0.39, 0.29) is 17.4 Å². The summed E-state index contributed by atoms with van der Waals surface area (Å²) in [6.45, 7) is 5.80. The van der Waals surface area contributed by atoms with Gasteiger partial charge in [0, 0.05) is 41.2 Å². The predicted molar refractivity (Wildman–Crippen MR) is 134 cm³/mol. The molecule has 0 unspecified atom stereocenters. The van der Waals surface area contributed by atoms with E-state index in [2.05, 4.69) is 14.9 Å². The summed E-state index contributed by atoms with van der Waals surface area (Å²) >= 11 is 1.15. The van der Waals surface area contributed by atoms with Crippen molar-refractivity contribution in [3.8, 4) is 11.3 Å². The largest absolute Gasteiger partial charge is 0.417 e. The number of halogens is 3. The molecule has 2 aromatic carbocycles. The molecule has 3 aromatic rings. The van der Waals surface area contributed by atoms with Crippen LogP contribution in [0.25, 0.3) is 11.3 Å². The van der Waals surface area contributed by atoms with E-state index in [1.165, 1.54) is 6.07 Å². The number of alkyl halides is 3. The van der Waals surface area contributed by atoms with Gasteiger partial charge in [-0.3, -0.25) is 0 Å². The Labute approximate surface area is 208 Å². The molecule has 1 aliphatic heterocycles. The molecule has 4 rings (SSSR count). The number of nitrogens with zero attached hydrogens (tertiary/aromatic N) is 3. The second-order valence-corrected chi connectivity index (χ2v) is 10.3. The molecule has 0 atom stereocenters. The fourth-order valence-corrected chi connectivity index (χ4v) is 5.66. The molecule has 8 heteroatoms. The van der Waals surface area contributed by atoms with E-state index in [9.17, 15) is 13.2 Å². The summed E-state index contributed by atoms with van der Waals surface area (Å²) < 4.78 is 42.3. The molecule has 0 saturated carbocycles. The van der Waals surface area contributed by atoms with Crippen molar-refractivity contribution >= 4 is 17.7 Å². The van der Waals surface area contributed by atoms with Crippen LogP contribution < -0.4 is 4.90 Å². The summed E-state index contributed by atoms with van der Waals surface area (Å²) in [5.41, 5.74) is 1.25. The molecule has 2 heterocycles. The van der Waals surface area contributed by atoms with Crippen LogP contribution in [0.1, 0.15) is 50.2 Å². The monoisotopic (exact) mass is 501 g/mol. The maximum absolute atomic E-state index is 14.1. The van der Waals surface area contributed by atoms with Gasteiger partial charge < -0.3 is 10.0 Å². The number of benzene rings is 2. The molecular weight excluding hydrogens is 471 g/mol. The number of aliphatic hydroxyl groups is 1. The van der Waals surface area contributed by atoms with Crippen LogP contribution in [0.2, 0.25) is 0 Å². The zero-order valence-corrected chi connectivity index (χ0v) is 20.7. The molecule has 35 heavy (non-hydrogen) atoms. The summed E-state index contributed by atoms with van der Waals surface area (Å²) in [6.07, 6.45) is -0.213. The first-order valence-electron chi connectivity index (χ1n) is 11.9. The number of rotatable bonds is 7. The second kappa shape index (κ2) is 11.0. The molecule has 0 spiro atoms. The molecule has 0 radical (unpaired) electrons. The highest BCUT2D eigenvalue weighted by atomic mass is 32.2. The van der Waals surface area contributed by atoms with Crippen LogP contribution in [-0.4, -0.2) is 34.8 Å². The fourth-order valence-electron chi connectivity index (χ4n) is 4.43. The van der Waals surface area contributed by atoms with Crippen LogP contribution in [0, 0.1) is 5.92 Å². The average molecular weight is 502 g/mol. The lowest BCUT2D eigenvalue weighted by atomic mass is 9.94. The highest BCUT2D eigenvalue weighted by Crippen LogP contribution is 2.43. The van der Waals surface area contributed by atoms with Crippen LogP contribution in [0.15, 0.2) is 64.5 Å². The molecule has 0 aliphatic carbocycles. The number of piperidine rings is 1. The third kappa shape index (κ3) is 6.16. The molecule has 186 valence electrons. The smallest absolute Gasteiger partial charge is 0.396 e. The number of aromatic nitrogens is 2. The van der Waals surface area contributed by atoms with Crippen molar-refractivity contribution in [1.29, 1.82) is 0 Å². The summed E-state index contributed by atoms with van der Waals surface area (Å²) in [5, 5.41) is 9.16. The Morgan fingerprint density at radius 3 is 2.49 bits per heavy atom. The van der Waals surface area contributed by atoms with Crippen molar-refractivity contribution in [1.82, 2.24) is 9.97 Å². The van der Waals surface area contributed by atoms with Crippen molar-refractivity contribution in [3.05, 3.63) is 65.9 Å². The molecule has 1 fully saturated rings. The van der Waals surface area contributed by atoms with Crippen LogP contribution >= 0.6 is 11.8 Å². The second-order valence-electron chi connectivity index (χ2n) is 9.19. The van der Waals surface area contributed by atoms with Gasteiger partial charge in [0.25, 0.3) is 0 Å². The van der Waals surface area contributed by atoms with Gasteiger partial charge in [-0.1, -0.05) is 49.9 Å². The first-order valence-corrected chi connectivity index (χ1v) is 12.7. The fraction of sp³-hybridized carbons (Fsp3) is 0.407. The zero-order valence-electron chi connectivity index (χ0n) is 19.9. The predicted octanol–water partition coefficient (Wildman–Crippen LogP) is 7.04. The van der Waals surface area contributed by atoms with Gasteiger partial charge in [-0.25, -0.2) is 9.97 Å². The van der Waals surface area contributed by atoms with Gasteiger partial charge in [0.1, 0.15) is 0 Å². The standard InChI is InChI=1S/C27H30F3N3OS/c1-18(2)21-5-3-4-6-24(21)35-25-8-7-20(17-22(25)27(28,29)30)23-9-13-31-26(32-23)33-14-10-19(11-15-33)12-16-34/h3-9,13,17-19,34H,10-12,14-16H2,1-2H3. The van der Waals surface area contributed by atoms with Gasteiger partial charge in [0.2, 0.25) is 5.95 Å². The first kappa shape index (κ1) is 25.5. The molecule has 1 N–H and O–H groups in total. The summed E-state index contributed by atoms with van der Waals surface area (Å²) in [6, 6.07) is 13.7. The Balaban J connectivity index is 1.62. The summed E-state index contributed by atoms with van der Waals surface area (Å²) in [4.78, 5) is 12.0. The maximum Gasteiger partial charge on any atom is 0.417 e. The van der Waals surface area contributed by atoms with Crippen LogP contribution in [0.5, 0.6) is 0 Å². The number of hydrogen-bond acceptors (Lipinski definition) is 5. The SMILES string of the molecule is CC(C)c1ccccc1Sc1ccc(-c2ccnc(N3CCC(CCO)CC3)n2)cc1C(F)(F)F. The Morgan fingerprint density at radius 2 is 1.80 bits per heavy atom. The molecule has 0 bridgehead atoms. The van der Waals surface area contributed by atoms with E-state index < -0.39 is 11.7 Å². The van der Waals surface area contributed by atoms with Crippen LogP contribution in [0.3, 0.4) is 0 Å². The lowest BCUT2D eigenvalue weighted by molar-refractivity contribution is -0.139. The quantitative estimate of drug-likeness (QED) is 0.376. The Morgan fingerprint density at radius 1 is 1.06 bits per heavy atom. The molecule has 4 nitrogen and oxygen atoms in total. The van der Waals surface area contributed by atoms with E-state index in [1.807, 2.05) is 38.1 Å². The minimum atomic E-state index is -4.49. The normalized spacial score (nSPS) is 15.1. The minimum Gasteiger partial charge on any atom is -0.396 e. The van der Waals surface area contributed by atoms with Gasteiger partial charge in [0.15, 0.2) is 0 Å². The van der Waals surface area contributed by atoms with Crippen molar-refractivity contribution < 1.29 is 18.3 Å². The lowest BCUT2D eigenvalue weighted by Gasteiger charge is -2.31. The topological polar surface area (TPSA) is 49.2 Å². The van der Waals surface area contributed by atoms with Crippen LogP contribution in [-0.2, 0) is 6.18 Å². The van der Waals surface area contributed by atoms with Gasteiger partial charge in [-0.15, -0.1) is 0 Å². The average Bonchev–Trinajstić information content (AvgIpc) is 2.84. The minimum absolute atomic E-state index is 0.176. The number of hydrogen-bond donors (Lipinski definition) is 1. The van der Waals surface area contributed by atoms with Crippen molar-refractivity contribution in [2.24, 2.45) is 5.92 Å². The van der Waals surface area contributed by atoms with Crippen molar-refractivity contribution in [2.45, 2.75) is 55.0 Å². The Bertz CT molecular complexity index is 1140. The molecule has 1 aliphatic rings. The van der Waals surface area contributed by atoms with Gasteiger partial charge in [0.05, 0.1) is 11.3 Å². The number of anilines is 1. The van der Waals surface area contributed by atoms with E-state index >= 15 is 0 Å². The third-order valence-corrected chi connectivity index (χ3v) is 7.59. The summed E-state index contributed by atoms with van der Waals surface area (Å²) in [5.74, 6) is 1.22. The van der Waals surface area contributed by atoms with Gasteiger partial charge in [-0.05, 0) is 60.9 Å². The first-order chi connectivity index (χ1) is 16.8. The van der Waals surface area contributed by atoms with E-state index in [0.717, 1.165) is 54.6 Å².